The molecular weight excluding hydrogens is 286 g/mol. The Morgan fingerprint density at radius 2 is 1.96 bits per heavy atom. The van der Waals surface area contributed by atoms with Crippen molar-refractivity contribution in [2.45, 2.75) is 45.2 Å². The normalized spacial score (nSPS) is 18.7. The third-order valence-corrected chi connectivity index (χ3v) is 4.94. The molecule has 1 atom stereocenters. The highest BCUT2D eigenvalue weighted by Crippen LogP contribution is 2.40. The number of nitrogens with zero attached hydrogens (tertiary/aromatic N) is 2. The summed E-state index contributed by atoms with van der Waals surface area (Å²) in [6.07, 6.45) is 7.21. The molecule has 0 saturated heterocycles. The summed E-state index contributed by atoms with van der Waals surface area (Å²) in [4.78, 5) is 0. The van der Waals surface area contributed by atoms with Crippen molar-refractivity contribution in [3.05, 3.63) is 42.1 Å². The standard InChI is InChI=1S/C19H25N3O/c1-14(17-6-7-17)22-19(10-11-21-22)20-12-15-4-8-18(9-5-15)23-13-16-2-3-16/h4-5,8-11,14,16-17,20H,2-3,6-7,12-13H2,1H3/t14-/m0/s1. The molecule has 23 heavy (non-hydrogen) atoms. The maximum absolute atomic E-state index is 5.78. The Morgan fingerprint density at radius 3 is 2.65 bits per heavy atom. The molecule has 2 aromatic rings. The Hall–Kier alpha value is -1.97. The van der Waals surface area contributed by atoms with E-state index in [4.69, 9.17) is 4.74 Å². The zero-order valence-corrected chi connectivity index (χ0v) is 13.7. The molecule has 2 aliphatic rings. The van der Waals surface area contributed by atoms with Crippen molar-refractivity contribution >= 4 is 5.82 Å². The maximum Gasteiger partial charge on any atom is 0.124 e. The van der Waals surface area contributed by atoms with E-state index in [9.17, 15) is 0 Å². The van der Waals surface area contributed by atoms with Gasteiger partial charge in [0.15, 0.2) is 0 Å². The van der Waals surface area contributed by atoms with Crippen LogP contribution in [0.25, 0.3) is 0 Å². The van der Waals surface area contributed by atoms with Gasteiger partial charge in [0.05, 0.1) is 18.8 Å². The van der Waals surface area contributed by atoms with Gasteiger partial charge in [-0.25, -0.2) is 4.68 Å². The van der Waals surface area contributed by atoms with E-state index >= 15 is 0 Å². The first kappa shape index (κ1) is 14.6. The van der Waals surface area contributed by atoms with Gasteiger partial charge in [-0.15, -0.1) is 0 Å². The molecule has 2 fully saturated rings. The van der Waals surface area contributed by atoms with Gasteiger partial charge < -0.3 is 10.1 Å². The van der Waals surface area contributed by atoms with Crippen LogP contribution in [-0.2, 0) is 6.54 Å². The van der Waals surface area contributed by atoms with Gasteiger partial charge in [0, 0.05) is 12.6 Å². The molecule has 2 saturated carbocycles. The lowest BCUT2D eigenvalue weighted by Gasteiger charge is -2.16. The van der Waals surface area contributed by atoms with Crippen molar-refractivity contribution in [2.75, 3.05) is 11.9 Å². The summed E-state index contributed by atoms with van der Waals surface area (Å²) in [6, 6.07) is 11.0. The zero-order valence-electron chi connectivity index (χ0n) is 13.7. The molecular formula is C19H25N3O. The Bertz CT molecular complexity index is 641. The Morgan fingerprint density at radius 1 is 1.17 bits per heavy atom. The molecule has 1 aromatic heterocycles. The zero-order chi connectivity index (χ0) is 15.6. The molecule has 4 nitrogen and oxygen atoms in total. The maximum atomic E-state index is 5.78. The van der Waals surface area contributed by atoms with E-state index in [1.807, 2.05) is 6.20 Å². The number of hydrogen-bond acceptors (Lipinski definition) is 3. The summed E-state index contributed by atoms with van der Waals surface area (Å²) in [5.41, 5.74) is 1.26. The lowest BCUT2D eigenvalue weighted by Crippen LogP contribution is -2.13. The molecule has 1 aromatic carbocycles. The molecule has 0 aliphatic heterocycles. The van der Waals surface area contributed by atoms with Gasteiger partial charge in [-0.1, -0.05) is 12.1 Å². The second-order valence-corrected chi connectivity index (χ2v) is 6.99. The second-order valence-electron chi connectivity index (χ2n) is 6.99. The third-order valence-electron chi connectivity index (χ3n) is 4.94. The van der Waals surface area contributed by atoms with Crippen LogP contribution in [0.5, 0.6) is 5.75 Å². The van der Waals surface area contributed by atoms with Crippen LogP contribution >= 0.6 is 0 Å². The molecule has 2 aliphatic carbocycles. The summed E-state index contributed by atoms with van der Waals surface area (Å²) in [7, 11) is 0. The van der Waals surface area contributed by atoms with Gasteiger partial charge in [-0.3, -0.25) is 0 Å². The smallest absolute Gasteiger partial charge is 0.124 e. The summed E-state index contributed by atoms with van der Waals surface area (Å²) in [5, 5.41) is 8.00. The fourth-order valence-electron chi connectivity index (χ4n) is 2.95. The Balaban J connectivity index is 1.32. The van der Waals surface area contributed by atoms with Crippen LogP contribution in [0.3, 0.4) is 0 Å². The van der Waals surface area contributed by atoms with Crippen LogP contribution in [0.1, 0.15) is 44.2 Å². The number of anilines is 1. The monoisotopic (exact) mass is 311 g/mol. The predicted octanol–water partition coefficient (Wildman–Crippen LogP) is 4.26. The van der Waals surface area contributed by atoms with E-state index in [2.05, 4.69) is 52.4 Å². The minimum Gasteiger partial charge on any atom is -0.493 e. The largest absolute Gasteiger partial charge is 0.493 e. The van der Waals surface area contributed by atoms with Crippen molar-refractivity contribution in [1.29, 1.82) is 0 Å². The predicted molar refractivity (Wildman–Crippen MR) is 91.6 cm³/mol. The van der Waals surface area contributed by atoms with E-state index in [-0.39, 0.29) is 0 Å². The highest BCUT2D eigenvalue weighted by atomic mass is 16.5. The molecule has 0 unspecified atom stereocenters. The van der Waals surface area contributed by atoms with Crippen molar-refractivity contribution in [1.82, 2.24) is 9.78 Å². The van der Waals surface area contributed by atoms with Crippen LogP contribution < -0.4 is 10.1 Å². The number of ether oxygens (including phenoxy) is 1. The molecule has 0 amide bonds. The Labute approximate surface area is 137 Å². The van der Waals surface area contributed by atoms with Crippen molar-refractivity contribution in [3.63, 3.8) is 0 Å². The van der Waals surface area contributed by atoms with E-state index in [0.717, 1.165) is 36.6 Å². The van der Waals surface area contributed by atoms with E-state index in [1.165, 1.54) is 31.2 Å². The van der Waals surface area contributed by atoms with E-state index in [1.54, 1.807) is 0 Å². The highest BCUT2D eigenvalue weighted by Gasteiger charge is 2.30. The van der Waals surface area contributed by atoms with Gasteiger partial charge in [0.1, 0.15) is 11.6 Å². The molecule has 0 bridgehead atoms. The van der Waals surface area contributed by atoms with Crippen LogP contribution in [0.2, 0.25) is 0 Å². The van der Waals surface area contributed by atoms with E-state index in [0.29, 0.717) is 6.04 Å². The first-order valence-corrected chi connectivity index (χ1v) is 8.79. The molecule has 4 heteroatoms. The SMILES string of the molecule is C[C@@H](C1CC1)n1nccc1NCc1ccc(OCC2CC2)cc1. The molecule has 0 radical (unpaired) electrons. The lowest BCUT2D eigenvalue weighted by atomic mass is 10.2. The highest BCUT2D eigenvalue weighted by molar-refractivity contribution is 5.37. The van der Waals surface area contributed by atoms with Gasteiger partial charge in [-0.2, -0.15) is 5.10 Å². The van der Waals surface area contributed by atoms with Gasteiger partial charge in [0.25, 0.3) is 0 Å². The fourth-order valence-corrected chi connectivity index (χ4v) is 2.95. The molecule has 1 heterocycles. The minimum atomic E-state index is 0.491. The van der Waals surface area contributed by atoms with Gasteiger partial charge >= 0.3 is 0 Å². The molecule has 4 rings (SSSR count). The first-order valence-electron chi connectivity index (χ1n) is 8.79. The van der Waals surface area contributed by atoms with Crippen molar-refractivity contribution < 1.29 is 4.74 Å². The van der Waals surface area contributed by atoms with Crippen molar-refractivity contribution in [3.8, 4) is 5.75 Å². The first-order chi connectivity index (χ1) is 11.3. The second kappa shape index (κ2) is 6.26. The average Bonchev–Trinajstić information content (AvgIpc) is 3.49. The number of nitrogens with one attached hydrogen (secondary N) is 1. The number of hydrogen-bond donors (Lipinski definition) is 1. The fraction of sp³-hybridized carbons (Fsp3) is 0.526. The third kappa shape index (κ3) is 3.69. The molecule has 122 valence electrons. The van der Waals surface area contributed by atoms with Crippen LogP contribution in [-0.4, -0.2) is 16.4 Å². The number of benzene rings is 1. The summed E-state index contributed by atoms with van der Waals surface area (Å²) in [6.45, 7) is 3.95. The summed E-state index contributed by atoms with van der Waals surface area (Å²) < 4.78 is 7.91. The molecule has 1 N–H and O–H groups in total. The average molecular weight is 311 g/mol. The van der Waals surface area contributed by atoms with Crippen LogP contribution in [0.15, 0.2) is 36.5 Å². The Kier molecular flexibility index (Phi) is 3.98. The van der Waals surface area contributed by atoms with Gasteiger partial charge in [-0.05, 0) is 62.1 Å². The number of rotatable bonds is 8. The van der Waals surface area contributed by atoms with E-state index < -0.39 is 0 Å². The number of aromatic nitrogens is 2. The topological polar surface area (TPSA) is 39.1 Å². The lowest BCUT2D eigenvalue weighted by molar-refractivity contribution is 0.299. The summed E-state index contributed by atoms with van der Waals surface area (Å²) >= 11 is 0. The minimum absolute atomic E-state index is 0.491. The summed E-state index contributed by atoms with van der Waals surface area (Å²) in [5.74, 6) is 3.69. The van der Waals surface area contributed by atoms with Gasteiger partial charge in [0.2, 0.25) is 0 Å². The molecule has 0 spiro atoms. The quantitative estimate of drug-likeness (QED) is 0.792. The van der Waals surface area contributed by atoms with Crippen LogP contribution in [0.4, 0.5) is 5.82 Å². The van der Waals surface area contributed by atoms with Crippen molar-refractivity contribution in [2.24, 2.45) is 11.8 Å². The van der Waals surface area contributed by atoms with Crippen LogP contribution in [0, 0.1) is 11.8 Å².